The van der Waals surface area contributed by atoms with Crippen LogP contribution >= 0.6 is 36.6 Å². The van der Waals surface area contributed by atoms with E-state index in [1.165, 1.54) is 5.56 Å². The van der Waals surface area contributed by atoms with Crippen LogP contribution in [0.2, 0.25) is 0 Å². The first-order valence-electron chi connectivity index (χ1n) is 7.69. The molecule has 3 rings (SSSR count). The third-order valence-corrected chi connectivity index (χ3v) is 5.16. The first kappa shape index (κ1) is 20.6. The van der Waals surface area contributed by atoms with Gasteiger partial charge in [-0.3, -0.25) is 15.0 Å². The number of hydrogen-bond donors (Lipinski definition) is 2. The zero-order valence-electron chi connectivity index (χ0n) is 13.1. The van der Waals surface area contributed by atoms with Crippen molar-refractivity contribution in [2.24, 2.45) is 0 Å². The Balaban J connectivity index is 0.00000132. The fourth-order valence-corrected chi connectivity index (χ4v) is 3.88. The van der Waals surface area contributed by atoms with Crippen LogP contribution < -0.4 is 10.6 Å². The number of nitrogens with zero attached hydrogens (tertiary/aromatic N) is 1. The highest BCUT2D eigenvalue weighted by atomic mass is 35.5. The molecular weight excluding hydrogens is 353 g/mol. The third-order valence-electron chi connectivity index (χ3n) is 4.22. The Morgan fingerprint density at radius 1 is 1.22 bits per heavy atom. The van der Waals surface area contributed by atoms with Gasteiger partial charge in [0.15, 0.2) is 0 Å². The van der Waals surface area contributed by atoms with Crippen molar-refractivity contribution in [1.29, 1.82) is 0 Å². The molecular formula is C16H25Cl2N3OS. The normalized spacial score (nSPS) is 22.0. The van der Waals surface area contributed by atoms with E-state index in [0.717, 1.165) is 44.1 Å². The van der Waals surface area contributed by atoms with Gasteiger partial charge < -0.3 is 5.32 Å². The molecule has 0 aliphatic carbocycles. The highest BCUT2D eigenvalue weighted by Gasteiger charge is 2.26. The molecule has 1 aromatic carbocycles. The van der Waals surface area contributed by atoms with Gasteiger partial charge in [-0.05, 0) is 18.4 Å². The summed E-state index contributed by atoms with van der Waals surface area (Å²) in [6.45, 7) is 3.14. The molecule has 2 N–H and O–H groups in total. The van der Waals surface area contributed by atoms with Crippen molar-refractivity contribution < 1.29 is 4.79 Å². The highest BCUT2D eigenvalue weighted by molar-refractivity contribution is 7.99. The van der Waals surface area contributed by atoms with Gasteiger partial charge in [-0.2, -0.15) is 0 Å². The average Bonchev–Trinajstić information content (AvgIpc) is 3.05. The van der Waals surface area contributed by atoms with Crippen molar-refractivity contribution in [1.82, 2.24) is 15.5 Å². The summed E-state index contributed by atoms with van der Waals surface area (Å²) in [6.07, 6.45) is 2.11. The lowest BCUT2D eigenvalue weighted by atomic mass is 10.0. The zero-order chi connectivity index (χ0) is 14.5. The topological polar surface area (TPSA) is 44.4 Å². The average molecular weight is 378 g/mol. The summed E-state index contributed by atoms with van der Waals surface area (Å²) in [7, 11) is 0. The molecule has 2 aliphatic rings. The quantitative estimate of drug-likeness (QED) is 0.844. The number of nitrogens with one attached hydrogen (secondary N) is 2. The summed E-state index contributed by atoms with van der Waals surface area (Å²) in [5.74, 6) is 1.98. The predicted molar refractivity (Wildman–Crippen MR) is 102 cm³/mol. The minimum absolute atomic E-state index is 0. The number of likely N-dealkylation sites (tertiary alicyclic amines) is 1. The Kier molecular flexibility index (Phi) is 9.32. The van der Waals surface area contributed by atoms with Gasteiger partial charge >= 0.3 is 0 Å². The van der Waals surface area contributed by atoms with Gasteiger partial charge in [-0.1, -0.05) is 30.3 Å². The summed E-state index contributed by atoms with van der Waals surface area (Å²) < 4.78 is 0. The first-order valence-corrected chi connectivity index (χ1v) is 8.84. The molecule has 0 bridgehead atoms. The van der Waals surface area contributed by atoms with E-state index in [1.54, 1.807) is 11.8 Å². The molecule has 0 radical (unpaired) electrons. The molecule has 2 heterocycles. The van der Waals surface area contributed by atoms with Crippen molar-refractivity contribution >= 4 is 42.5 Å². The Hall–Kier alpha value is -0.460. The summed E-state index contributed by atoms with van der Waals surface area (Å²) in [5, 5.41) is 6.43. The number of thioether (sulfide) groups is 1. The van der Waals surface area contributed by atoms with E-state index >= 15 is 0 Å². The van der Waals surface area contributed by atoms with E-state index < -0.39 is 0 Å². The van der Waals surface area contributed by atoms with Gasteiger partial charge in [-0.15, -0.1) is 36.6 Å². The minimum atomic E-state index is 0. The largest absolute Gasteiger partial charge is 0.352 e. The Morgan fingerprint density at radius 2 is 1.91 bits per heavy atom. The summed E-state index contributed by atoms with van der Waals surface area (Å²) in [6, 6.07) is 11.0. The van der Waals surface area contributed by atoms with Crippen LogP contribution in [-0.2, 0) is 11.3 Å². The Labute approximate surface area is 155 Å². The lowest BCUT2D eigenvalue weighted by Gasteiger charge is -2.32. The van der Waals surface area contributed by atoms with E-state index in [-0.39, 0.29) is 36.8 Å². The number of carbonyl (C=O) groups excluding carboxylic acids is 1. The summed E-state index contributed by atoms with van der Waals surface area (Å²) in [5.41, 5.74) is 1.37. The van der Waals surface area contributed by atoms with E-state index in [4.69, 9.17) is 0 Å². The minimum Gasteiger partial charge on any atom is -0.352 e. The number of carbonyl (C=O) groups is 1. The number of hydrogen-bond acceptors (Lipinski definition) is 4. The molecule has 1 unspecified atom stereocenters. The van der Waals surface area contributed by atoms with E-state index in [2.05, 4.69) is 45.9 Å². The second-order valence-electron chi connectivity index (χ2n) is 5.82. The Bertz CT molecular complexity index is 464. The highest BCUT2D eigenvalue weighted by Crippen LogP contribution is 2.15. The van der Waals surface area contributed by atoms with Crippen molar-refractivity contribution in [2.75, 3.05) is 24.7 Å². The molecule has 1 amide bonds. The van der Waals surface area contributed by atoms with Crippen LogP contribution in [0.4, 0.5) is 0 Å². The molecule has 2 aliphatic heterocycles. The van der Waals surface area contributed by atoms with Crippen LogP contribution in [0.1, 0.15) is 18.4 Å². The maximum atomic E-state index is 12.1. The Morgan fingerprint density at radius 3 is 2.52 bits per heavy atom. The van der Waals surface area contributed by atoms with E-state index in [1.807, 2.05) is 0 Å². The molecule has 7 heteroatoms. The molecule has 130 valence electrons. The van der Waals surface area contributed by atoms with Gasteiger partial charge in [0.1, 0.15) is 0 Å². The fraction of sp³-hybridized carbons (Fsp3) is 0.562. The maximum absolute atomic E-state index is 12.1. The lowest BCUT2D eigenvalue weighted by Crippen LogP contribution is -2.50. The van der Waals surface area contributed by atoms with Gasteiger partial charge in [0.05, 0.1) is 6.04 Å². The number of rotatable bonds is 4. The van der Waals surface area contributed by atoms with Crippen LogP contribution in [0.25, 0.3) is 0 Å². The molecule has 4 nitrogen and oxygen atoms in total. The van der Waals surface area contributed by atoms with Crippen LogP contribution in [-0.4, -0.2) is 47.6 Å². The number of piperidine rings is 1. The molecule has 1 aromatic rings. The maximum Gasteiger partial charge on any atom is 0.238 e. The number of amides is 1. The zero-order valence-corrected chi connectivity index (χ0v) is 15.5. The fourth-order valence-electron chi connectivity index (χ4n) is 2.94. The smallest absolute Gasteiger partial charge is 0.238 e. The second-order valence-corrected chi connectivity index (χ2v) is 6.85. The molecule has 0 spiro atoms. The van der Waals surface area contributed by atoms with Crippen LogP contribution in [0.5, 0.6) is 0 Å². The van der Waals surface area contributed by atoms with Crippen molar-refractivity contribution in [3.63, 3.8) is 0 Å². The molecule has 0 aromatic heterocycles. The van der Waals surface area contributed by atoms with E-state index in [0.29, 0.717) is 6.04 Å². The summed E-state index contributed by atoms with van der Waals surface area (Å²) >= 11 is 1.79. The predicted octanol–water partition coefficient (Wildman–Crippen LogP) is 2.27. The van der Waals surface area contributed by atoms with Crippen molar-refractivity contribution in [3.8, 4) is 0 Å². The van der Waals surface area contributed by atoms with Crippen LogP contribution in [0.3, 0.4) is 0 Å². The van der Waals surface area contributed by atoms with E-state index in [9.17, 15) is 4.79 Å². The monoisotopic (exact) mass is 377 g/mol. The van der Waals surface area contributed by atoms with Gasteiger partial charge in [0, 0.05) is 37.3 Å². The first-order chi connectivity index (χ1) is 10.3. The van der Waals surface area contributed by atoms with Crippen molar-refractivity contribution in [2.45, 2.75) is 31.5 Å². The van der Waals surface area contributed by atoms with Gasteiger partial charge in [0.2, 0.25) is 5.91 Å². The molecule has 2 fully saturated rings. The SMILES string of the molecule is Cl.Cl.O=C(NC1CCN(Cc2ccccc2)CC1)C1CSCN1. The van der Waals surface area contributed by atoms with Crippen molar-refractivity contribution in [3.05, 3.63) is 35.9 Å². The van der Waals surface area contributed by atoms with Gasteiger partial charge in [0.25, 0.3) is 0 Å². The molecule has 0 saturated carbocycles. The number of halogens is 2. The summed E-state index contributed by atoms with van der Waals surface area (Å²) in [4.78, 5) is 14.6. The molecule has 2 saturated heterocycles. The van der Waals surface area contributed by atoms with Crippen LogP contribution in [0.15, 0.2) is 30.3 Å². The standard InChI is InChI=1S/C16H23N3OS.2ClH/c20-16(15-11-21-12-17-15)18-14-6-8-19(9-7-14)10-13-4-2-1-3-5-13;;/h1-5,14-15,17H,6-12H2,(H,18,20);2*1H. The second kappa shape index (κ2) is 10.4. The molecule has 23 heavy (non-hydrogen) atoms. The molecule has 1 atom stereocenters. The van der Waals surface area contributed by atoms with Gasteiger partial charge in [-0.25, -0.2) is 0 Å². The number of benzene rings is 1. The third kappa shape index (κ3) is 6.16. The van der Waals surface area contributed by atoms with Crippen LogP contribution in [0, 0.1) is 0 Å². The lowest BCUT2D eigenvalue weighted by molar-refractivity contribution is -0.123.